The third-order valence-electron chi connectivity index (χ3n) is 5.19. The Morgan fingerprint density at radius 1 is 1.00 bits per heavy atom. The Hall–Kier alpha value is -3.44. The van der Waals surface area contributed by atoms with E-state index in [0.29, 0.717) is 38.2 Å². The van der Waals surface area contributed by atoms with Crippen molar-refractivity contribution in [1.82, 2.24) is 15.0 Å². The van der Waals surface area contributed by atoms with Crippen LogP contribution in [0.2, 0.25) is 0 Å². The molecule has 3 aromatic rings. The normalized spacial score (nSPS) is 14.0. The van der Waals surface area contributed by atoms with Crippen LogP contribution in [0, 0.1) is 13.8 Å². The van der Waals surface area contributed by atoms with Crippen molar-refractivity contribution in [2.24, 2.45) is 5.10 Å². The molecule has 4 rings (SSSR count). The lowest BCUT2D eigenvalue weighted by Gasteiger charge is -2.27. The minimum atomic E-state index is -4.48. The van der Waals surface area contributed by atoms with Crippen molar-refractivity contribution in [3.8, 4) is 0 Å². The molecule has 2 N–H and O–H groups in total. The van der Waals surface area contributed by atoms with Crippen molar-refractivity contribution in [3.63, 3.8) is 0 Å². The second kappa shape index (κ2) is 11.3. The number of nitrogens with zero attached hydrogens (tertiary/aromatic N) is 5. The monoisotopic (exact) mass is 507 g/mol. The van der Waals surface area contributed by atoms with Crippen LogP contribution in [0.3, 0.4) is 0 Å². The molecule has 0 amide bonds. The molecule has 0 saturated carbocycles. The van der Waals surface area contributed by atoms with E-state index in [9.17, 15) is 13.2 Å². The number of hydrazone groups is 1. The number of hydrogen-bond donors (Lipinski definition) is 2. The predicted molar refractivity (Wildman–Crippen MR) is 132 cm³/mol. The molecular formula is C23H25ClF3N7O. The minimum Gasteiger partial charge on any atom is -0.378 e. The Bertz CT molecular complexity index is 1180. The number of anilines is 4. The molecule has 2 heterocycles. The number of ether oxygens (including phenoxy) is 1. The molecule has 0 radical (unpaired) electrons. The topological polar surface area (TPSA) is 87.6 Å². The minimum absolute atomic E-state index is 0. The fraction of sp³-hybridized carbons (Fsp3) is 0.304. The molecule has 1 aliphatic rings. The number of hydrogen-bond acceptors (Lipinski definition) is 8. The molecule has 1 aromatic heterocycles. The van der Waals surface area contributed by atoms with E-state index in [1.54, 1.807) is 0 Å². The maximum atomic E-state index is 13.2. The van der Waals surface area contributed by atoms with E-state index in [2.05, 4.69) is 30.8 Å². The number of benzene rings is 2. The van der Waals surface area contributed by atoms with Gasteiger partial charge in [0.25, 0.3) is 0 Å². The lowest BCUT2D eigenvalue weighted by molar-refractivity contribution is -0.137. The van der Waals surface area contributed by atoms with Gasteiger partial charge in [0.15, 0.2) is 0 Å². The van der Waals surface area contributed by atoms with Crippen LogP contribution in [0.4, 0.5) is 36.7 Å². The van der Waals surface area contributed by atoms with Crippen LogP contribution < -0.4 is 15.6 Å². The highest BCUT2D eigenvalue weighted by Crippen LogP contribution is 2.31. The standard InChI is InChI=1S/C23H24F3N7O.ClH/c1-15-7-8-16(2)19(13-15)28-20-29-21(31-22(30-20)33-9-11-34-12-10-33)32-27-14-17-5-3-4-6-18(17)23(24,25)26;/h3-8,13-14H,9-12H2,1-2H3,(H2,28,29,30,31,32);1H. The highest BCUT2D eigenvalue weighted by Gasteiger charge is 2.32. The van der Waals surface area contributed by atoms with Crippen molar-refractivity contribution in [2.75, 3.05) is 41.9 Å². The largest absolute Gasteiger partial charge is 0.417 e. The smallest absolute Gasteiger partial charge is 0.378 e. The summed E-state index contributed by atoms with van der Waals surface area (Å²) in [5.74, 6) is 0.808. The van der Waals surface area contributed by atoms with E-state index in [1.807, 2.05) is 36.9 Å². The van der Waals surface area contributed by atoms with Gasteiger partial charge in [-0.1, -0.05) is 30.3 Å². The summed E-state index contributed by atoms with van der Waals surface area (Å²) in [6.45, 7) is 6.25. The summed E-state index contributed by atoms with van der Waals surface area (Å²) in [6.07, 6.45) is -3.39. The first-order chi connectivity index (χ1) is 16.3. The number of aromatic nitrogens is 3. The van der Waals surface area contributed by atoms with Gasteiger partial charge in [0.2, 0.25) is 17.8 Å². The first-order valence-corrected chi connectivity index (χ1v) is 10.7. The molecule has 1 aliphatic heterocycles. The van der Waals surface area contributed by atoms with Gasteiger partial charge in [-0.2, -0.15) is 33.2 Å². The maximum Gasteiger partial charge on any atom is 0.417 e. The van der Waals surface area contributed by atoms with Gasteiger partial charge in [-0.25, -0.2) is 5.43 Å². The molecule has 8 nitrogen and oxygen atoms in total. The second-order valence-corrected chi connectivity index (χ2v) is 7.78. The van der Waals surface area contributed by atoms with Crippen molar-refractivity contribution in [3.05, 3.63) is 64.7 Å². The Labute approximate surface area is 207 Å². The number of aryl methyl sites for hydroxylation is 2. The van der Waals surface area contributed by atoms with E-state index in [-0.39, 0.29) is 23.9 Å². The van der Waals surface area contributed by atoms with Crippen LogP contribution in [0.25, 0.3) is 0 Å². The first-order valence-electron chi connectivity index (χ1n) is 10.7. The number of alkyl halides is 3. The quantitative estimate of drug-likeness (QED) is 0.360. The summed E-state index contributed by atoms with van der Waals surface area (Å²) < 4.78 is 45.1. The van der Waals surface area contributed by atoms with E-state index in [4.69, 9.17) is 4.74 Å². The Balaban J connectivity index is 0.00000342. The molecule has 0 aliphatic carbocycles. The summed E-state index contributed by atoms with van der Waals surface area (Å²) in [5.41, 5.74) is 4.72. The van der Waals surface area contributed by atoms with Gasteiger partial charge >= 0.3 is 6.18 Å². The summed E-state index contributed by atoms with van der Waals surface area (Å²) in [4.78, 5) is 15.2. The summed E-state index contributed by atoms with van der Waals surface area (Å²) in [5, 5.41) is 7.16. The lowest BCUT2D eigenvalue weighted by Crippen LogP contribution is -2.37. The summed E-state index contributed by atoms with van der Waals surface area (Å²) in [7, 11) is 0. The third-order valence-corrected chi connectivity index (χ3v) is 5.19. The van der Waals surface area contributed by atoms with Crippen molar-refractivity contribution in [2.45, 2.75) is 20.0 Å². The van der Waals surface area contributed by atoms with Gasteiger partial charge in [-0.05, 0) is 37.1 Å². The second-order valence-electron chi connectivity index (χ2n) is 7.78. The van der Waals surface area contributed by atoms with Crippen LogP contribution in [0.5, 0.6) is 0 Å². The molecule has 1 fully saturated rings. The molecule has 0 spiro atoms. The highest BCUT2D eigenvalue weighted by atomic mass is 35.5. The maximum absolute atomic E-state index is 13.2. The van der Waals surface area contributed by atoms with Gasteiger partial charge in [0.1, 0.15) is 0 Å². The van der Waals surface area contributed by atoms with Crippen molar-refractivity contribution >= 4 is 42.2 Å². The Morgan fingerprint density at radius 3 is 2.46 bits per heavy atom. The third kappa shape index (κ3) is 6.80. The molecular weight excluding hydrogens is 483 g/mol. The van der Waals surface area contributed by atoms with Crippen molar-refractivity contribution in [1.29, 1.82) is 0 Å². The Morgan fingerprint density at radius 2 is 1.71 bits per heavy atom. The number of morpholine rings is 1. The Kier molecular flexibility index (Phi) is 8.47. The van der Waals surface area contributed by atoms with Gasteiger partial charge in [0, 0.05) is 24.3 Å². The van der Waals surface area contributed by atoms with E-state index < -0.39 is 11.7 Å². The van der Waals surface area contributed by atoms with Crippen LogP contribution in [-0.4, -0.2) is 47.5 Å². The van der Waals surface area contributed by atoms with Crippen LogP contribution in [0.15, 0.2) is 47.6 Å². The average molecular weight is 508 g/mol. The number of nitrogens with one attached hydrogen (secondary N) is 2. The molecule has 0 atom stereocenters. The fourth-order valence-electron chi connectivity index (χ4n) is 3.39. The van der Waals surface area contributed by atoms with Gasteiger partial charge in [-0.3, -0.25) is 0 Å². The van der Waals surface area contributed by atoms with E-state index in [0.717, 1.165) is 29.1 Å². The number of halogens is 4. The zero-order valence-electron chi connectivity index (χ0n) is 19.1. The zero-order valence-corrected chi connectivity index (χ0v) is 20.0. The predicted octanol–water partition coefficient (Wildman–Crippen LogP) is 4.96. The molecule has 186 valence electrons. The van der Waals surface area contributed by atoms with Gasteiger partial charge < -0.3 is 15.0 Å². The molecule has 1 saturated heterocycles. The van der Waals surface area contributed by atoms with E-state index in [1.165, 1.54) is 18.2 Å². The molecule has 0 unspecified atom stereocenters. The average Bonchev–Trinajstić information content (AvgIpc) is 2.82. The molecule has 0 bridgehead atoms. The summed E-state index contributed by atoms with van der Waals surface area (Å²) in [6, 6.07) is 11.2. The van der Waals surface area contributed by atoms with E-state index >= 15 is 0 Å². The van der Waals surface area contributed by atoms with Crippen molar-refractivity contribution < 1.29 is 17.9 Å². The van der Waals surface area contributed by atoms with Gasteiger partial charge in [-0.15, -0.1) is 12.4 Å². The van der Waals surface area contributed by atoms with Crippen LogP contribution in [-0.2, 0) is 10.9 Å². The zero-order chi connectivity index (χ0) is 24.1. The first kappa shape index (κ1) is 26.2. The molecule has 12 heteroatoms. The lowest BCUT2D eigenvalue weighted by atomic mass is 10.1. The molecule has 35 heavy (non-hydrogen) atoms. The number of rotatable bonds is 6. The van der Waals surface area contributed by atoms with Gasteiger partial charge in [0.05, 0.1) is 25.0 Å². The van der Waals surface area contributed by atoms with Crippen LogP contribution >= 0.6 is 12.4 Å². The summed E-state index contributed by atoms with van der Waals surface area (Å²) >= 11 is 0. The SMILES string of the molecule is Cc1ccc(C)c(Nc2nc(NN=Cc3ccccc3C(F)(F)F)nc(N3CCOCC3)n2)c1.Cl. The van der Waals surface area contributed by atoms with Crippen LogP contribution in [0.1, 0.15) is 22.3 Å². The molecule has 2 aromatic carbocycles. The fourth-order valence-corrected chi connectivity index (χ4v) is 3.39. The highest BCUT2D eigenvalue weighted by molar-refractivity contribution is 5.85.